The highest BCUT2D eigenvalue weighted by atomic mass is 17.3. The Morgan fingerprint density at radius 1 is 0.520 bits per heavy atom. The van der Waals surface area contributed by atoms with E-state index in [-0.39, 0.29) is 40.7 Å². The Bertz CT molecular complexity index is 2680. The Morgan fingerprint density at radius 3 is 1.29 bits per heavy atom. The number of ether oxygens (including phenoxy) is 4. The highest BCUT2D eigenvalue weighted by Gasteiger charge is 2.78. The minimum absolute atomic E-state index is 0.00104. The van der Waals surface area contributed by atoms with Gasteiger partial charge in [0.05, 0.1) is 24.9 Å². The molecule has 412 valence electrons. The van der Waals surface area contributed by atoms with Crippen molar-refractivity contribution in [1.29, 1.82) is 0 Å². The normalized spacial score (nSPS) is 40.6. The molecule has 2 N–H and O–H groups in total. The summed E-state index contributed by atoms with van der Waals surface area (Å²) in [5.41, 5.74) is -0.559. The number of aromatic hydroxyl groups is 2. The van der Waals surface area contributed by atoms with Gasteiger partial charge >= 0.3 is 11.9 Å². The van der Waals surface area contributed by atoms with Gasteiger partial charge in [0.2, 0.25) is 0 Å². The second-order valence-electron chi connectivity index (χ2n) is 22.3. The lowest BCUT2D eigenvalue weighted by atomic mass is 9.47. The highest BCUT2D eigenvalue weighted by Crippen LogP contribution is 2.71. The Labute approximate surface area is 458 Å². The zero-order chi connectivity index (χ0) is 61.4. The topological polar surface area (TPSA) is 166 Å². The van der Waals surface area contributed by atoms with Gasteiger partial charge in [0, 0.05) is 44.0 Å². The zero-order valence-electron chi connectivity index (χ0n) is 53.8. The summed E-state index contributed by atoms with van der Waals surface area (Å²) < 4.78 is 87.2. The van der Waals surface area contributed by atoms with Crippen LogP contribution in [0.5, 0.6) is 17.2 Å². The molecule has 75 heavy (non-hydrogen) atoms. The van der Waals surface area contributed by atoms with Crippen LogP contribution in [0.15, 0.2) is 72.8 Å². The summed E-state index contributed by atoms with van der Waals surface area (Å²) in [6.45, 7) is 13.3. The molecule has 2 unspecified atom stereocenters. The van der Waals surface area contributed by atoms with Gasteiger partial charge in [-0.1, -0.05) is 71.9 Å². The van der Waals surface area contributed by atoms with Crippen LogP contribution in [0.2, 0.25) is 0 Å². The summed E-state index contributed by atoms with van der Waals surface area (Å²) in [7, 11) is -8.05. The third kappa shape index (κ3) is 10.1. The molecule has 3 aromatic rings. The molecule has 2 spiro atoms. The number of methoxy groups -OCH3 is 3. The van der Waals surface area contributed by atoms with Crippen molar-refractivity contribution in [1.82, 2.24) is 0 Å². The molecule has 2 aliphatic heterocycles. The number of phenols is 2. The molecule has 14 aliphatic rings. The van der Waals surface area contributed by atoms with Gasteiger partial charge in [-0.2, -0.15) is 9.78 Å². The first-order valence-electron chi connectivity index (χ1n) is 32.5. The molecule has 2 atom stereocenters. The molecule has 17 rings (SSSR count). The zero-order valence-corrected chi connectivity index (χ0v) is 44.8. The molecule has 2 saturated heterocycles. The lowest BCUT2D eigenvalue weighted by molar-refractivity contribution is -0.645. The molecule has 2 heterocycles. The number of carbonyl (C=O) groups excluding carboxylic acids is 3. The number of ketones is 1. The van der Waals surface area contributed by atoms with Crippen molar-refractivity contribution in [3.05, 3.63) is 89.5 Å². The molecule has 12 bridgehead atoms. The van der Waals surface area contributed by atoms with E-state index in [1.54, 1.807) is 42.5 Å². The van der Waals surface area contributed by atoms with Crippen LogP contribution in [-0.2, 0) is 54.9 Å². The van der Waals surface area contributed by atoms with Crippen molar-refractivity contribution in [3.8, 4) is 17.2 Å². The van der Waals surface area contributed by atoms with E-state index in [2.05, 4.69) is 4.74 Å². The molecular weight excluding hydrogens is 953 g/mol. The number of hydrogen-bond donors (Lipinski definition) is 2. The van der Waals surface area contributed by atoms with E-state index < -0.39 is 55.8 Å². The van der Waals surface area contributed by atoms with Crippen LogP contribution in [0.3, 0.4) is 0 Å². The van der Waals surface area contributed by atoms with Crippen LogP contribution >= 0.6 is 0 Å². The molecule has 13 heteroatoms. The molecule has 0 amide bonds. The van der Waals surface area contributed by atoms with Gasteiger partial charge in [-0.3, -0.25) is 9.59 Å². The number of benzene rings is 3. The van der Waals surface area contributed by atoms with E-state index in [1.165, 1.54) is 76.1 Å². The summed E-state index contributed by atoms with van der Waals surface area (Å²) in [5.74, 6) is 2.91. The van der Waals surface area contributed by atoms with Gasteiger partial charge < -0.3 is 29.2 Å². The average molecular weight is 1050 g/mol. The molecule has 0 radical (unpaired) electrons. The van der Waals surface area contributed by atoms with Crippen LogP contribution in [0.25, 0.3) is 0 Å². The molecule has 3 aromatic carbocycles. The number of rotatable bonds is 6. The van der Waals surface area contributed by atoms with E-state index in [1.807, 2.05) is 41.5 Å². The fourth-order valence-electron chi connectivity index (χ4n) is 16.4. The second kappa shape index (κ2) is 23.7. The number of Topliss-reactive ketones (excluding diaryl/α,β-unsaturated/α-hetero) is 1. The predicted molar refractivity (Wildman–Crippen MR) is 283 cm³/mol. The molecule has 14 fully saturated rings. The summed E-state index contributed by atoms with van der Waals surface area (Å²) in [6.07, 6.45) is 17.1. The largest absolute Gasteiger partial charge is 0.508 e. The third-order valence-corrected chi connectivity index (χ3v) is 18.4. The van der Waals surface area contributed by atoms with Crippen molar-refractivity contribution in [2.24, 2.45) is 71.0 Å². The summed E-state index contributed by atoms with van der Waals surface area (Å²) in [6, 6.07) is 18.5. The number of carbonyl (C=O) groups is 3. The van der Waals surface area contributed by atoms with Crippen molar-refractivity contribution in [2.45, 2.75) is 168 Å². The maximum atomic E-state index is 11.6. The standard InChI is InChI=1S/C20H24O5.C18H22O4.C10H14O.C8H8O3.3C2H6/c1-12(21)23-18-5-3-4-15(11-18)20(22-2)19(24-25-20)16-7-13-6-14(9-16)10-17(19)8-13;1-20-18(13-3-2-4-16(19)10-13)17(21-22-18)14-6-11-5-12(8-14)9-15(17)7-11;11-10-8-2-6-1-7(4-8)5-9(10)3-6;1-11-8(10)6-3-2-4-7(9)5-6;3*1-2/h3-5,11,13-14,16-17H,6-10H2,1-2H3;2-4,10-12,14-15,19H,5-9H2,1H3;6-9H,1-5H2;2-5,9H,1H3;3*1-2H3/i2D3;1D3;;1D3;;;. The van der Waals surface area contributed by atoms with Gasteiger partial charge in [-0.15, -0.1) is 0 Å². The van der Waals surface area contributed by atoms with Gasteiger partial charge in [0.25, 0.3) is 11.6 Å². The molecule has 0 aromatic heterocycles. The minimum atomic E-state index is -2.76. The van der Waals surface area contributed by atoms with Gasteiger partial charge in [-0.05, 0) is 198 Å². The third-order valence-electron chi connectivity index (χ3n) is 18.4. The molecule has 13 nitrogen and oxygen atoms in total. The lowest BCUT2D eigenvalue weighted by Crippen LogP contribution is -2.76. The number of phenolic OH excluding ortho intramolecular Hbond substituents is 2. The van der Waals surface area contributed by atoms with Crippen LogP contribution < -0.4 is 4.74 Å². The van der Waals surface area contributed by atoms with E-state index in [9.17, 15) is 19.5 Å². The van der Waals surface area contributed by atoms with Gasteiger partial charge in [-0.25, -0.2) is 14.6 Å². The first-order valence-corrected chi connectivity index (χ1v) is 28.0. The number of hydrogen-bond acceptors (Lipinski definition) is 13. The first kappa shape index (κ1) is 45.6. The Morgan fingerprint density at radius 2 is 0.920 bits per heavy atom. The summed E-state index contributed by atoms with van der Waals surface area (Å²) in [4.78, 5) is 56.8. The lowest BCUT2D eigenvalue weighted by Gasteiger charge is -2.68. The Balaban J connectivity index is 0.000000149. The predicted octanol–water partition coefficient (Wildman–Crippen LogP) is 13.2. The fourth-order valence-corrected chi connectivity index (χ4v) is 16.4. The summed E-state index contributed by atoms with van der Waals surface area (Å²) >= 11 is 0. The highest BCUT2D eigenvalue weighted by molar-refractivity contribution is 5.89. The van der Waals surface area contributed by atoms with Crippen molar-refractivity contribution < 1.29 is 75.4 Å². The van der Waals surface area contributed by atoms with Gasteiger partial charge in [0.15, 0.2) is 11.2 Å². The van der Waals surface area contributed by atoms with E-state index >= 15 is 0 Å². The molecule has 12 aliphatic carbocycles. The maximum Gasteiger partial charge on any atom is 0.337 e. The molecule has 12 saturated carbocycles. The van der Waals surface area contributed by atoms with E-state index in [0.29, 0.717) is 58.2 Å². The smallest absolute Gasteiger partial charge is 0.337 e. The van der Waals surface area contributed by atoms with Crippen LogP contribution in [0.4, 0.5) is 0 Å². The average Bonchev–Trinajstić information content (AvgIpc) is 0.701. The van der Waals surface area contributed by atoms with Crippen LogP contribution in [0.1, 0.15) is 179 Å². The fraction of sp³-hybridized carbons (Fsp3) is 0.661. The van der Waals surface area contributed by atoms with E-state index in [0.717, 1.165) is 69.3 Å². The van der Waals surface area contributed by atoms with Crippen molar-refractivity contribution in [2.75, 3.05) is 21.1 Å². The Hall–Kier alpha value is -4.37. The maximum absolute atomic E-state index is 11.6. The quantitative estimate of drug-likeness (QED) is 0.136. The molecular formula is C62H86O13. The summed E-state index contributed by atoms with van der Waals surface area (Å²) in [5, 5.41) is 19.0. The van der Waals surface area contributed by atoms with Crippen LogP contribution in [0, 0.1) is 71.0 Å². The minimum Gasteiger partial charge on any atom is -0.508 e. The Kier molecular flexibility index (Phi) is 14.4. The van der Waals surface area contributed by atoms with Crippen molar-refractivity contribution >= 4 is 17.7 Å². The van der Waals surface area contributed by atoms with Crippen molar-refractivity contribution in [3.63, 3.8) is 0 Å². The monoisotopic (exact) mass is 1050 g/mol. The van der Waals surface area contributed by atoms with E-state index in [4.69, 9.17) is 51.2 Å². The first-order chi connectivity index (χ1) is 39.7. The SMILES string of the molecule is CC.CC.CC.O=C1C2CC3CC(C2)CC1C3.[2H]C([2H])([2H])OC(=O)c1cccc(O)c1.[2H]C([2H])([2H])OC1(c2cccc(O)c2)OOC12C1CC3CC(C1)CC2C3.[2H]C([2H])([2H])OC1(c2cccc(OC(C)=O)c2)OOC12C1CC3CC(C1)CC2C3. The second-order valence-corrected chi connectivity index (χ2v) is 22.3. The van der Waals surface area contributed by atoms with Crippen LogP contribution in [-0.4, -0.2) is 60.3 Å². The van der Waals surface area contributed by atoms with Gasteiger partial charge in [0.1, 0.15) is 23.0 Å². The number of esters is 2.